The van der Waals surface area contributed by atoms with E-state index in [2.05, 4.69) is 0 Å². The minimum Gasteiger partial charge on any atom is -0.455 e. The zero-order chi connectivity index (χ0) is 20.1. The molecule has 1 amide bonds. The van der Waals surface area contributed by atoms with Crippen molar-refractivity contribution in [1.82, 2.24) is 8.75 Å². The standard InChI is InChI=1S/C15H29N2O6PS2/c1-6-12(2)25-24(20,17(4)26(5,21)22)16(3)14(18)15(19)23-13-10-8-7-9-11-13/h12-13H,6-11H2,1-5H3. The molecule has 0 spiro atoms. The Labute approximate surface area is 160 Å². The third kappa shape index (κ3) is 5.97. The van der Waals surface area contributed by atoms with Crippen LogP contribution in [0.1, 0.15) is 52.4 Å². The molecule has 1 rings (SSSR count). The maximum absolute atomic E-state index is 13.5. The molecule has 152 valence electrons. The fraction of sp³-hybridized carbons (Fsp3) is 0.867. The maximum atomic E-state index is 13.5. The van der Waals surface area contributed by atoms with Crippen molar-refractivity contribution in [3.05, 3.63) is 0 Å². The van der Waals surface area contributed by atoms with Gasteiger partial charge in [0, 0.05) is 19.3 Å². The van der Waals surface area contributed by atoms with Gasteiger partial charge in [0.15, 0.2) is 0 Å². The van der Waals surface area contributed by atoms with Gasteiger partial charge in [-0.1, -0.05) is 31.7 Å². The average molecular weight is 429 g/mol. The lowest BCUT2D eigenvalue weighted by molar-refractivity contribution is -0.162. The molecule has 11 heteroatoms. The molecule has 0 aromatic heterocycles. The maximum Gasteiger partial charge on any atom is 0.397 e. The van der Waals surface area contributed by atoms with Crippen molar-refractivity contribution < 1.29 is 27.3 Å². The molecule has 0 radical (unpaired) electrons. The molecule has 0 N–H and O–H groups in total. The van der Waals surface area contributed by atoms with Gasteiger partial charge in [-0.2, -0.15) is 0 Å². The molecule has 0 saturated heterocycles. The van der Waals surface area contributed by atoms with Gasteiger partial charge in [-0.15, -0.1) is 4.08 Å². The fourth-order valence-corrected chi connectivity index (χ4v) is 10.2. The first-order valence-electron chi connectivity index (χ1n) is 8.65. The predicted molar refractivity (Wildman–Crippen MR) is 103 cm³/mol. The number of hydrogen-bond donors (Lipinski definition) is 0. The Kier molecular flexibility index (Phi) is 8.64. The van der Waals surface area contributed by atoms with Crippen molar-refractivity contribution in [2.75, 3.05) is 20.4 Å². The van der Waals surface area contributed by atoms with E-state index in [0.717, 1.165) is 48.6 Å². The van der Waals surface area contributed by atoms with Crippen LogP contribution in [0.3, 0.4) is 0 Å². The normalized spacial score (nSPS) is 19.6. The minimum atomic E-state index is -3.91. The quantitative estimate of drug-likeness (QED) is 0.349. The van der Waals surface area contributed by atoms with E-state index in [1.807, 2.05) is 6.92 Å². The Hall–Kier alpha value is -0.570. The van der Waals surface area contributed by atoms with Gasteiger partial charge in [-0.3, -0.25) is 14.0 Å². The van der Waals surface area contributed by atoms with Gasteiger partial charge in [0.05, 0.1) is 6.26 Å². The number of nitrogens with zero attached hydrogens (tertiary/aromatic N) is 2. The number of likely N-dealkylation sites (N-methyl/N-ethyl adjacent to an activating group) is 1. The van der Waals surface area contributed by atoms with Crippen LogP contribution in [-0.4, -0.2) is 60.7 Å². The zero-order valence-corrected chi connectivity index (χ0v) is 18.5. The first-order chi connectivity index (χ1) is 11.9. The Balaban J connectivity index is 3.02. The summed E-state index contributed by atoms with van der Waals surface area (Å²) < 4.78 is 44.0. The van der Waals surface area contributed by atoms with Crippen molar-refractivity contribution in [2.45, 2.75) is 63.7 Å². The molecule has 0 aromatic carbocycles. The monoisotopic (exact) mass is 428 g/mol. The number of carbonyl (C=O) groups excluding carboxylic acids is 2. The summed E-state index contributed by atoms with van der Waals surface area (Å²) in [6.45, 7) is -0.267. The molecule has 0 aliphatic heterocycles. The van der Waals surface area contributed by atoms with Crippen LogP contribution in [0.25, 0.3) is 0 Å². The van der Waals surface area contributed by atoms with Gasteiger partial charge in [0.2, 0.25) is 10.0 Å². The second-order valence-corrected chi connectivity index (χ2v) is 14.0. The van der Waals surface area contributed by atoms with E-state index in [1.54, 1.807) is 6.92 Å². The van der Waals surface area contributed by atoms with Gasteiger partial charge >= 0.3 is 18.5 Å². The number of ether oxygens (including phenoxy) is 1. The highest BCUT2D eigenvalue weighted by molar-refractivity contribution is 8.58. The highest BCUT2D eigenvalue weighted by Gasteiger charge is 2.44. The van der Waals surface area contributed by atoms with Crippen molar-refractivity contribution in [1.29, 1.82) is 0 Å². The molecule has 0 bridgehead atoms. The zero-order valence-electron chi connectivity index (χ0n) is 16.0. The number of sulfonamides is 1. The summed E-state index contributed by atoms with van der Waals surface area (Å²) in [5.41, 5.74) is 0. The Morgan fingerprint density at radius 1 is 1.23 bits per heavy atom. The van der Waals surface area contributed by atoms with Gasteiger partial charge in [0.25, 0.3) is 0 Å². The van der Waals surface area contributed by atoms with Crippen molar-refractivity contribution in [3.8, 4) is 0 Å². The third-order valence-corrected chi connectivity index (χ3v) is 13.2. The Bertz CT molecular complexity index is 663. The van der Waals surface area contributed by atoms with E-state index in [1.165, 1.54) is 7.05 Å². The largest absolute Gasteiger partial charge is 0.455 e. The van der Waals surface area contributed by atoms with E-state index >= 15 is 0 Å². The van der Waals surface area contributed by atoms with E-state index in [4.69, 9.17) is 4.74 Å². The van der Waals surface area contributed by atoms with Gasteiger partial charge in [0.1, 0.15) is 6.10 Å². The van der Waals surface area contributed by atoms with Crippen LogP contribution in [0.5, 0.6) is 0 Å². The van der Waals surface area contributed by atoms with Gasteiger partial charge < -0.3 is 4.74 Å². The summed E-state index contributed by atoms with van der Waals surface area (Å²) in [5.74, 6) is -2.18. The topological polar surface area (TPSA) is 101 Å². The van der Waals surface area contributed by atoms with Gasteiger partial charge in [-0.25, -0.2) is 13.2 Å². The number of carbonyl (C=O) groups is 2. The number of rotatable bonds is 7. The summed E-state index contributed by atoms with van der Waals surface area (Å²) in [6.07, 6.45) is 5.56. The van der Waals surface area contributed by atoms with E-state index in [9.17, 15) is 22.6 Å². The molecule has 0 aromatic rings. The smallest absolute Gasteiger partial charge is 0.397 e. The number of hydrogen-bond acceptors (Lipinski definition) is 7. The first kappa shape index (κ1) is 23.5. The summed E-state index contributed by atoms with van der Waals surface area (Å²) in [4.78, 5) is 24.7. The van der Waals surface area contributed by atoms with Crippen LogP contribution in [0, 0.1) is 0 Å². The van der Waals surface area contributed by atoms with Crippen LogP contribution in [-0.2, 0) is 28.9 Å². The molecule has 1 fully saturated rings. The molecule has 8 nitrogen and oxygen atoms in total. The molecule has 1 aliphatic rings. The Morgan fingerprint density at radius 2 is 1.77 bits per heavy atom. The van der Waals surface area contributed by atoms with Crippen molar-refractivity contribution >= 4 is 39.9 Å². The average Bonchev–Trinajstić information content (AvgIpc) is 2.59. The predicted octanol–water partition coefficient (Wildman–Crippen LogP) is 2.85. The van der Waals surface area contributed by atoms with Crippen LogP contribution in [0.15, 0.2) is 0 Å². The molecule has 2 atom stereocenters. The minimum absolute atomic E-state index is 0.172. The molecule has 1 aliphatic carbocycles. The highest BCUT2D eigenvalue weighted by atomic mass is 32.7. The molecule has 1 saturated carbocycles. The highest BCUT2D eigenvalue weighted by Crippen LogP contribution is 2.65. The van der Waals surface area contributed by atoms with Crippen LogP contribution in [0.2, 0.25) is 0 Å². The van der Waals surface area contributed by atoms with E-state index < -0.39 is 28.5 Å². The summed E-state index contributed by atoms with van der Waals surface area (Å²) in [5, 5.41) is -0.172. The molecular weight excluding hydrogens is 399 g/mol. The lowest BCUT2D eigenvalue weighted by atomic mass is 9.98. The second-order valence-electron chi connectivity index (χ2n) is 6.51. The third-order valence-electron chi connectivity index (χ3n) is 4.40. The Morgan fingerprint density at radius 3 is 2.23 bits per heavy atom. The summed E-state index contributed by atoms with van der Waals surface area (Å²) in [7, 11) is -1.51. The molecule has 0 heterocycles. The van der Waals surface area contributed by atoms with E-state index in [-0.39, 0.29) is 11.4 Å². The van der Waals surface area contributed by atoms with Crippen LogP contribution in [0.4, 0.5) is 0 Å². The lowest BCUT2D eigenvalue weighted by Crippen LogP contribution is -2.39. The lowest BCUT2D eigenvalue weighted by Gasteiger charge is -2.34. The first-order valence-corrected chi connectivity index (χ1v) is 13.6. The fourth-order valence-electron chi connectivity index (χ4n) is 2.45. The SMILES string of the molecule is CCC(C)SP(=O)(N(C)C(=O)C(=O)OC1CCCCC1)N(C)S(C)(=O)=O. The summed E-state index contributed by atoms with van der Waals surface area (Å²) >= 11 is 0.882. The van der Waals surface area contributed by atoms with Crippen molar-refractivity contribution in [2.24, 2.45) is 0 Å². The van der Waals surface area contributed by atoms with Crippen LogP contribution < -0.4 is 0 Å². The molecule has 26 heavy (non-hydrogen) atoms. The number of esters is 1. The molecule has 2 unspecified atom stereocenters. The molecular formula is C15H29N2O6PS2. The number of amides is 1. The van der Waals surface area contributed by atoms with Gasteiger partial charge in [-0.05, 0) is 32.1 Å². The van der Waals surface area contributed by atoms with Crippen LogP contribution >= 0.6 is 18.0 Å². The van der Waals surface area contributed by atoms with Crippen molar-refractivity contribution in [3.63, 3.8) is 0 Å². The summed E-state index contributed by atoms with van der Waals surface area (Å²) in [6, 6.07) is 0. The second kappa shape index (κ2) is 9.57. The van der Waals surface area contributed by atoms with E-state index in [0.29, 0.717) is 23.3 Å².